The van der Waals surface area contributed by atoms with Gasteiger partial charge in [0.05, 0.1) is 29.1 Å². The quantitative estimate of drug-likeness (QED) is 0.285. The normalized spacial score (nSPS) is 12.3. The van der Waals surface area contributed by atoms with Crippen molar-refractivity contribution in [3.8, 4) is 5.69 Å². The van der Waals surface area contributed by atoms with Crippen molar-refractivity contribution in [2.45, 2.75) is 45.5 Å². The number of para-hydroxylation sites is 1. The van der Waals surface area contributed by atoms with E-state index in [-0.39, 0.29) is 24.6 Å². The van der Waals surface area contributed by atoms with Gasteiger partial charge in [0.2, 0.25) is 5.91 Å². The Hall–Kier alpha value is -4.07. The molecule has 3 amide bonds. The van der Waals surface area contributed by atoms with Gasteiger partial charge in [0.25, 0.3) is 0 Å². The number of methoxy groups -OCH3 is 1. The molecule has 228 valence electrons. The molecule has 0 aliphatic heterocycles. The Kier molecular flexibility index (Phi) is 9.60. The maximum absolute atomic E-state index is 13.3. The van der Waals surface area contributed by atoms with E-state index in [0.29, 0.717) is 29.3 Å². The molecule has 2 aromatic carbocycles. The highest BCUT2D eigenvalue weighted by molar-refractivity contribution is 5.97. The zero-order valence-electron chi connectivity index (χ0n) is 23.6. The first-order valence-corrected chi connectivity index (χ1v) is 12.7. The minimum absolute atomic E-state index is 0.0464. The van der Waals surface area contributed by atoms with E-state index in [4.69, 9.17) is 4.74 Å². The Morgan fingerprint density at radius 3 is 2.05 bits per heavy atom. The summed E-state index contributed by atoms with van der Waals surface area (Å²) in [5.41, 5.74) is -2.06. The van der Waals surface area contributed by atoms with Crippen molar-refractivity contribution < 1.29 is 40.7 Å². The van der Waals surface area contributed by atoms with Crippen LogP contribution in [-0.2, 0) is 27.3 Å². The van der Waals surface area contributed by atoms with Crippen molar-refractivity contribution in [3.63, 3.8) is 0 Å². The lowest BCUT2D eigenvalue weighted by molar-refractivity contribution is -0.143. The number of aromatic nitrogens is 2. The summed E-state index contributed by atoms with van der Waals surface area (Å²) in [5, 5.41) is 9.41. The molecule has 42 heavy (non-hydrogen) atoms. The van der Waals surface area contributed by atoms with Crippen LogP contribution in [0.2, 0.25) is 0 Å². The Balaban J connectivity index is 1.88. The van der Waals surface area contributed by atoms with E-state index >= 15 is 0 Å². The molecule has 0 saturated carbocycles. The predicted molar refractivity (Wildman–Crippen MR) is 145 cm³/mol. The SMILES string of the molecule is COCCN(CC(=O)Nc1cc(C(C)(C)C)nn1-c1ccccc1C)C(=O)Nc1cc(C(F)(F)F)cc(C(F)(F)F)c1. The third-order valence-corrected chi connectivity index (χ3v) is 6.11. The fourth-order valence-electron chi connectivity index (χ4n) is 3.86. The van der Waals surface area contributed by atoms with Crippen LogP contribution >= 0.6 is 0 Å². The molecule has 0 fully saturated rings. The number of alkyl halides is 6. The third kappa shape index (κ3) is 8.24. The van der Waals surface area contributed by atoms with Crippen LogP contribution in [0.25, 0.3) is 5.69 Å². The van der Waals surface area contributed by atoms with Gasteiger partial charge < -0.3 is 20.3 Å². The highest BCUT2D eigenvalue weighted by atomic mass is 19.4. The number of benzene rings is 2. The molecule has 0 radical (unpaired) electrons. The number of hydrogen-bond acceptors (Lipinski definition) is 4. The topological polar surface area (TPSA) is 88.5 Å². The zero-order valence-corrected chi connectivity index (χ0v) is 23.6. The number of carbonyl (C=O) groups is 2. The summed E-state index contributed by atoms with van der Waals surface area (Å²) >= 11 is 0. The molecular weight excluding hydrogens is 568 g/mol. The van der Waals surface area contributed by atoms with E-state index in [0.717, 1.165) is 10.5 Å². The van der Waals surface area contributed by atoms with E-state index in [1.54, 1.807) is 16.8 Å². The molecule has 3 aromatic rings. The average Bonchev–Trinajstić information content (AvgIpc) is 3.29. The summed E-state index contributed by atoms with van der Waals surface area (Å²) in [6.07, 6.45) is -10.2. The van der Waals surface area contributed by atoms with Gasteiger partial charge in [-0.15, -0.1) is 0 Å². The summed E-state index contributed by atoms with van der Waals surface area (Å²) in [7, 11) is 1.33. The second-order valence-electron chi connectivity index (χ2n) is 10.6. The summed E-state index contributed by atoms with van der Waals surface area (Å²) in [6.45, 7) is 6.85. The van der Waals surface area contributed by atoms with Crippen molar-refractivity contribution in [1.82, 2.24) is 14.7 Å². The van der Waals surface area contributed by atoms with Crippen molar-refractivity contribution >= 4 is 23.4 Å². The highest BCUT2D eigenvalue weighted by Crippen LogP contribution is 2.37. The van der Waals surface area contributed by atoms with Crippen LogP contribution in [-0.4, -0.2) is 53.4 Å². The second kappa shape index (κ2) is 12.4. The standard InChI is InChI=1S/C28H31F6N5O3/c1-17-8-6-7-9-21(17)39-23(15-22(37-39)26(2,3)4)36-24(40)16-38(10-11-42-5)25(41)35-20-13-18(27(29,30)31)12-19(14-20)28(32,33)34/h6-9,12-15H,10-11,16H2,1-5H3,(H,35,41)(H,36,40). The molecule has 0 atom stereocenters. The van der Waals surface area contributed by atoms with Crippen molar-refractivity contribution in [3.05, 3.63) is 70.9 Å². The lowest BCUT2D eigenvalue weighted by Crippen LogP contribution is -2.42. The number of nitrogens with one attached hydrogen (secondary N) is 2. The van der Waals surface area contributed by atoms with Gasteiger partial charge in [0.1, 0.15) is 12.4 Å². The van der Waals surface area contributed by atoms with E-state index < -0.39 is 47.6 Å². The lowest BCUT2D eigenvalue weighted by Gasteiger charge is -2.23. The summed E-state index contributed by atoms with van der Waals surface area (Å²) < 4.78 is 86.1. The number of urea groups is 1. The Bertz CT molecular complexity index is 1390. The Labute approximate surface area is 238 Å². The first-order valence-electron chi connectivity index (χ1n) is 12.7. The molecule has 3 rings (SSSR count). The number of aryl methyl sites for hydroxylation is 1. The maximum atomic E-state index is 13.3. The molecule has 0 spiro atoms. The van der Waals surface area contributed by atoms with E-state index in [2.05, 4.69) is 10.4 Å². The van der Waals surface area contributed by atoms with E-state index in [1.165, 1.54) is 7.11 Å². The molecule has 0 aliphatic rings. The average molecular weight is 600 g/mol. The zero-order chi connectivity index (χ0) is 31.5. The maximum Gasteiger partial charge on any atom is 0.416 e. The molecule has 0 unspecified atom stereocenters. The van der Waals surface area contributed by atoms with Crippen molar-refractivity contribution in [2.75, 3.05) is 37.4 Å². The molecule has 1 heterocycles. The fraction of sp³-hybridized carbons (Fsp3) is 0.393. The first kappa shape index (κ1) is 32.4. The van der Waals surface area contributed by atoms with Gasteiger partial charge in [-0.2, -0.15) is 31.4 Å². The number of amides is 3. The predicted octanol–water partition coefficient (Wildman–Crippen LogP) is 6.63. The van der Waals surface area contributed by atoms with Crippen LogP contribution in [0.1, 0.15) is 43.2 Å². The molecule has 2 N–H and O–H groups in total. The molecule has 8 nitrogen and oxygen atoms in total. The summed E-state index contributed by atoms with van der Waals surface area (Å²) in [5.74, 6) is -0.379. The van der Waals surface area contributed by atoms with Gasteiger partial charge in [-0.3, -0.25) is 4.79 Å². The van der Waals surface area contributed by atoms with Gasteiger partial charge in [0.15, 0.2) is 0 Å². The number of carbonyl (C=O) groups excluding carboxylic acids is 2. The van der Waals surface area contributed by atoms with Crippen LogP contribution < -0.4 is 10.6 Å². The fourth-order valence-corrected chi connectivity index (χ4v) is 3.86. The smallest absolute Gasteiger partial charge is 0.383 e. The molecule has 14 heteroatoms. The molecule has 1 aromatic heterocycles. The van der Waals surface area contributed by atoms with Gasteiger partial charge >= 0.3 is 18.4 Å². The van der Waals surface area contributed by atoms with Gasteiger partial charge in [0, 0.05) is 30.8 Å². The Morgan fingerprint density at radius 1 is 0.929 bits per heavy atom. The van der Waals surface area contributed by atoms with E-state index in [9.17, 15) is 35.9 Å². The molecular formula is C28H31F6N5O3. The lowest BCUT2D eigenvalue weighted by atomic mass is 9.92. The number of nitrogens with zero attached hydrogens (tertiary/aromatic N) is 3. The minimum Gasteiger partial charge on any atom is -0.383 e. The van der Waals surface area contributed by atoms with Crippen LogP contribution in [0.3, 0.4) is 0 Å². The molecule has 0 aliphatic carbocycles. The van der Waals surface area contributed by atoms with Gasteiger partial charge in [-0.05, 0) is 36.8 Å². The monoisotopic (exact) mass is 599 g/mol. The number of hydrogen-bond donors (Lipinski definition) is 2. The van der Waals surface area contributed by atoms with Crippen LogP contribution in [0.15, 0.2) is 48.5 Å². The van der Waals surface area contributed by atoms with Crippen LogP contribution in [0.4, 0.5) is 42.6 Å². The number of rotatable bonds is 8. The summed E-state index contributed by atoms with van der Waals surface area (Å²) in [4.78, 5) is 27.0. The van der Waals surface area contributed by atoms with Gasteiger partial charge in [-0.1, -0.05) is 39.0 Å². The molecule has 0 saturated heterocycles. The third-order valence-electron chi connectivity index (χ3n) is 6.11. The van der Waals surface area contributed by atoms with Crippen molar-refractivity contribution in [1.29, 1.82) is 0 Å². The number of ether oxygens (including phenoxy) is 1. The van der Waals surface area contributed by atoms with Crippen LogP contribution in [0.5, 0.6) is 0 Å². The number of anilines is 2. The minimum atomic E-state index is -5.09. The van der Waals surface area contributed by atoms with Gasteiger partial charge in [-0.25, -0.2) is 9.48 Å². The largest absolute Gasteiger partial charge is 0.416 e. The van der Waals surface area contributed by atoms with Crippen molar-refractivity contribution in [2.24, 2.45) is 0 Å². The highest BCUT2D eigenvalue weighted by Gasteiger charge is 2.37. The first-order chi connectivity index (χ1) is 19.4. The Morgan fingerprint density at radius 2 is 1.52 bits per heavy atom. The molecule has 0 bridgehead atoms. The van der Waals surface area contributed by atoms with E-state index in [1.807, 2.05) is 51.2 Å². The van der Waals surface area contributed by atoms with Crippen LogP contribution in [0, 0.1) is 6.92 Å². The number of halogens is 6. The second-order valence-corrected chi connectivity index (χ2v) is 10.6. The summed E-state index contributed by atoms with van der Waals surface area (Å²) in [6, 6.07) is 8.65.